The fraction of sp³-hybridized carbons (Fsp3) is 0.0476. The van der Waals surface area contributed by atoms with Crippen molar-refractivity contribution in [3.63, 3.8) is 0 Å². The van der Waals surface area contributed by atoms with Gasteiger partial charge in [-0.2, -0.15) is 0 Å². The molecular formula is C21H18N6OS. The molecule has 0 spiro atoms. The molecule has 4 rings (SSSR count). The van der Waals surface area contributed by atoms with Gasteiger partial charge in [0.15, 0.2) is 0 Å². The third kappa shape index (κ3) is 3.92. The van der Waals surface area contributed by atoms with E-state index in [4.69, 9.17) is 5.73 Å². The van der Waals surface area contributed by atoms with Crippen molar-refractivity contribution >= 4 is 28.6 Å². The van der Waals surface area contributed by atoms with Gasteiger partial charge in [0.05, 0.1) is 22.3 Å². The lowest BCUT2D eigenvalue weighted by Crippen LogP contribution is -2.13. The van der Waals surface area contributed by atoms with Crippen LogP contribution in [-0.4, -0.2) is 25.9 Å². The van der Waals surface area contributed by atoms with Gasteiger partial charge in [0.2, 0.25) is 0 Å². The van der Waals surface area contributed by atoms with Crippen LogP contribution in [0.4, 0.5) is 5.69 Å². The van der Waals surface area contributed by atoms with Crippen LogP contribution in [-0.2, 0) is 0 Å². The van der Waals surface area contributed by atoms with Gasteiger partial charge in [0.1, 0.15) is 5.69 Å². The topological polar surface area (TPSA) is 98.7 Å². The summed E-state index contributed by atoms with van der Waals surface area (Å²) in [6.07, 6.45) is 3.60. The standard InChI is InChI=1S/C21H18N6OS/c1-13-6-7-17(24-21(28)16-5-3-4-15(8-16)14(2)22)9-19(13)27-11-18(25-26-27)20-10-23-12-29-20/h3-12H,2,22H2,1H3,(H,24,28). The van der Waals surface area contributed by atoms with E-state index in [9.17, 15) is 4.79 Å². The third-order valence-electron chi connectivity index (χ3n) is 4.39. The Hall–Kier alpha value is -3.78. The highest BCUT2D eigenvalue weighted by molar-refractivity contribution is 7.13. The average Bonchev–Trinajstić information content (AvgIpc) is 3.41. The number of nitrogens with zero attached hydrogens (tertiary/aromatic N) is 4. The van der Waals surface area contributed by atoms with Crippen molar-refractivity contribution in [2.75, 3.05) is 5.32 Å². The van der Waals surface area contributed by atoms with Gasteiger partial charge in [-0.3, -0.25) is 9.78 Å². The van der Waals surface area contributed by atoms with Crippen molar-refractivity contribution in [3.05, 3.63) is 83.6 Å². The van der Waals surface area contributed by atoms with Crippen LogP contribution in [0.5, 0.6) is 0 Å². The number of hydrogen-bond acceptors (Lipinski definition) is 6. The van der Waals surface area contributed by atoms with E-state index in [0.29, 0.717) is 16.9 Å². The predicted molar refractivity (Wildman–Crippen MR) is 115 cm³/mol. The Labute approximate surface area is 171 Å². The quantitative estimate of drug-likeness (QED) is 0.528. The molecule has 0 bridgehead atoms. The fourth-order valence-electron chi connectivity index (χ4n) is 2.83. The van der Waals surface area contributed by atoms with Crippen molar-refractivity contribution in [3.8, 4) is 16.3 Å². The first-order valence-electron chi connectivity index (χ1n) is 8.79. The predicted octanol–water partition coefficient (Wildman–Crippen LogP) is 3.88. The summed E-state index contributed by atoms with van der Waals surface area (Å²) < 4.78 is 1.69. The van der Waals surface area contributed by atoms with Gasteiger partial charge < -0.3 is 11.1 Å². The van der Waals surface area contributed by atoms with Crippen molar-refractivity contribution in [2.45, 2.75) is 6.92 Å². The summed E-state index contributed by atoms with van der Waals surface area (Å²) in [5.74, 6) is -0.230. The number of benzene rings is 2. The number of amides is 1. The van der Waals surface area contributed by atoms with E-state index in [1.54, 1.807) is 34.6 Å². The van der Waals surface area contributed by atoms with E-state index >= 15 is 0 Å². The molecule has 144 valence electrons. The minimum atomic E-state index is -0.230. The average molecular weight is 402 g/mol. The first kappa shape index (κ1) is 18.6. The minimum absolute atomic E-state index is 0.230. The maximum atomic E-state index is 12.7. The van der Waals surface area contributed by atoms with Crippen LogP contribution >= 0.6 is 11.3 Å². The maximum absolute atomic E-state index is 12.7. The van der Waals surface area contributed by atoms with Gasteiger partial charge in [-0.1, -0.05) is 30.0 Å². The molecule has 0 saturated heterocycles. The summed E-state index contributed by atoms with van der Waals surface area (Å²) in [4.78, 5) is 17.7. The van der Waals surface area contributed by atoms with Gasteiger partial charge in [0, 0.05) is 23.1 Å². The Balaban J connectivity index is 1.60. The van der Waals surface area contributed by atoms with E-state index in [1.807, 2.05) is 37.4 Å². The first-order chi connectivity index (χ1) is 14.0. The highest BCUT2D eigenvalue weighted by atomic mass is 32.1. The van der Waals surface area contributed by atoms with Gasteiger partial charge in [-0.15, -0.1) is 16.4 Å². The zero-order valence-corrected chi connectivity index (χ0v) is 16.5. The van der Waals surface area contributed by atoms with E-state index in [-0.39, 0.29) is 5.91 Å². The van der Waals surface area contributed by atoms with Crippen molar-refractivity contribution in [2.24, 2.45) is 5.73 Å². The lowest BCUT2D eigenvalue weighted by molar-refractivity contribution is 0.102. The largest absolute Gasteiger partial charge is 0.399 e. The number of nitrogens with one attached hydrogen (secondary N) is 1. The number of hydrogen-bond donors (Lipinski definition) is 2. The molecular weight excluding hydrogens is 384 g/mol. The summed E-state index contributed by atoms with van der Waals surface area (Å²) in [5.41, 5.74) is 12.4. The molecule has 0 aliphatic heterocycles. The molecule has 7 nitrogen and oxygen atoms in total. The molecule has 0 atom stereocenters. The van der Waals surface area contributed by atoms with Crippen LogP contribution < -0.4 is 11.1 Å². The Bertz CT molecular complexity index is 1200. The monoisotopic (exact) mass is 402 g/mol. The molecule has 0 aliphatic carbocycles. The summed E-state index contributed by atoms with van der Waals surface area (Å²) in [6, 6.07) is 12.7. The van der Waals surface area contributed by atoms with E-state index in [1.165, 1.54) is 11.3 Å². The molecule has 1 amide bonds. The summed E-state index contributed by atoms with van der Waals surface area (Å²) in [6.45, 7) is 5.69. The zero-order chi connectivity index (χ0) is 20.4. The number of carbonyl (C=O) groups is 1. The second-order valence-electron chi connectivity index (χ2n) is 6.48. The van der Waals surface area contributed by atoms with E-state index in [2.05, 4.69) is 27.2 Å². The molecule has 0 radical (unpaired) electrons. The molecule has 0 unspecified atom stereocenters. The van der Waals surface area contributed by atoms with Gasteiger partial charge in [-0.05, 0) is 42.3 Å². The molecule has 0 fully saturated rings. The fourth-order valence-corrected chi connectivity index (χ4v) is 3.41. The molecule has 0 aliphatic rings. The van der Waals surface area contributed by atoms with Crippen LogP contribution in [0.25, 0.3) is 22.0 Å². The smallest absolute Gasteiger partial charge is 0.255 e. The maximum Gasteiger partial charge on any atom is 0.255 e. The minimum Gasteiger partial charge on any atom is -0.399 e. The summed E-state index contributed by atoms with van der Waals surface area (Å²) in [5, 5.41) is 11.4. The van der Waals surface area contributed by atoms with Crippen LogP contribution in [0.15, 0.2) is 66.9 Å². The lowest BCUT2D eigenvalue weighted by atomic mass is 10.1. The van der Waals surface area contributed by atoms with Crippen molar-refractivity contribution < 1.29 is 4.79 Å². The van der Waals surface area contributed by atoms with Gasteiger partial charge >= 0.3 is 0 Å². The second kappa shape index (κ2) is 7.69. The van der Waals surface area contributed by atoms with Crippen molar-refractivity contribution in [1.29, 1.82) is 0 Å². The van der Waals surface area contributed by atoms with Gasteiger partial charge in [0.25, 0.3) is 5.91 Å². The molecule has 3 N–H and O–H groups in total. The number of nitrogens with two attached hydrogens (primary N) is 1. The number of thiazole rings is 1. The number of anilines is 1. The third-order valence-corrected chi connectivity index (χ3v) is 5.18. The Morgan fingerprint density at radius 1 is 1.21 bits per heavy atom. The number of aromatic nitrogens is 4. The number of carbonyl (C=O) groups excluding carboxylic acids is 1. The SMILES string of the molecule is C=C(N)c1cccc(C(=O)Nc2ccc(C)c(-n3cc(-c4cncs4)nn3)c2)c1. The van der Waals surface area contributed by atoms with Crippen LogP contribution in [0, 0.1) is 6.92 Å². The normalized spacial score (nSPS) is 10.7. The van der Waals surface area contributed by atoms with Gasteiger partial charge in [-0.25, -0.2) is 4.68 Å². The molecule has 0 saturated carbocycles. The molecule has 29 heavy (non-hydrogen) atoms. The first-order valence-corrected chi connectivity index (χ1v) is 9.67. The van der Waals surface area contributed by atoms with Crippen LogP contribution in [0.2, 0.25) is 0 Å². The molecule has 8 heteroatoms. The van der Waals surface area contributed by atoms with Crippen molar-refractivity contribution in [1.82, 2.24) is 20.0 Å². The Morgan fingerprint density at radius 3 is 2.79 bits per heavy atom. The number of aryl methyl sites for hydroxylation is 1. The highest BCUT2D eigenvalue weighted by Crippen LogP contribution is 2.24. The summed E-state index contributed by atoms with van der Waals surface area (Å²) >= 11 is 1.50. The second-order valence-corrected chi connectivity index (χ2v) is 7.36. The van der Waals surface area contributed by atoms with E-state index in [0.717, 1.165) is 27.4 Å². The van der Waals surface area contributed by atoms with E-state index < -0.39 is 0 Å². The van der Waals surface area contributed by atoms with Crippen LogP contribution in [0.1, 0.15) is 21.5 Å². The lowest BCUT2D eigenvalue weighted by Gasteiger charge is -2.10. The molecule has 2 aromatic carbocycles. The number of rotatable bonds is 5. The molecule has 4 aromatic rings. The highest BCUT2D eigenvalue weighted by Gasteiger charge is 2.12. The van der Waals surface area contributed by atoms with Crippen LogP contribution in [0.3, 0.4) is 0 Å². The Morgan fingerprint density at radius 2 is 2.03 bits per heavy atom. The molecule has 2 heterocycles. The Kier molecular flexibility index (Phi) is 4.92. The molecule has 2 aromatic heterocycles. The summed E-state index contributed by atoms with van der Waals surface area (Å²) in [7, 11) is 0. The zero-order valence-electron chi connectivity index (χ0n) is 15.7.